The van der Waals surface area contributed by atoms with Gasteiger partial charge in [0.25, 0.3) is 0 Å². The molecule has 1 saturated heterocycles. The Bertz CT molecular complexity index is 487. The summed E-state index contributed by atoms with van der Waals surface area (Å²) < 4.78 is 0.886. The zero-order valence-electron chi connectivity index (χ0n) is 9.61. The summed E-state index contributed by atoms with van der Waals surface area (Å²) in [7, 11) is 0. The van der Waals surface area contributed by atoms with Gasteiger partial charge in [0.15, 0.2) is 0 Å². The van der Waals surface area contributed by atoms with Crippen LogP contribution in [0.2, 0.25) is 0 Å². The molecule has 0 bridgehead atoms. The summed E-state index contributed by atoms with van der Waals surface area (Å²) in [5.74, 6) is 1.09. The fraction of sp³-hybridized carbons (Fsp3) is 0.333. The molecule has 1 aliphatic rings. The zero-order valence-corrected chi connectivity index (χ0v) is 12.8. The molecule has 1 amide bonds. The number of carbonyl (C=O) groups excluding carboxylic acids is 1. The van der Waals surface area contributed by atoms with Crippen LogP contribution < -0.4 is 11.1 Å². The highest BCUT2D eigenvalue weighted by Crippen LogP contribution is 2.28. The molecule has 18 heavy (non-hydrogen) atoms. The van der Waals surface area contributed by atoms with Gasteiger partial charge in [-0.1, -0.05) is 28.1 Å². The Morgan fingerprint density at radius 2 is 2.33 bits per heavy atom. The Morgan fingerprint density at radius 3 is 2.94 bits per heavy atom. The SMILES string of the molecule is NC(=S)c1ccc(Br)cc1NC(=O)C1CCCS1. The quantitative estimate of drug-likeness (QED) is 0.827. The fourth-order valence-corrected chi connectivity index (χ4v) is 3.53. The summed E-state index contributed by atoms with van der Waals surface area (Å²) in [4.78, 5) is 12.4. The van der Waals surface area contributed by atoms with Crippen LogP contribution in [0.1, 0.15) is 18.4 Å². The monoisotopic (exact) mass is 344 g/mol. The van der Waals surface area contributed by atoms with Crippen LogP contribution in [0.15, 0.2) is 22.7 Å². The molecule has 3 N–H and O–H groups in total. The Balaban J connectivity index is 2.19. The summed E-state index contributed by atoms with van der Waals surface area (Å²) in [6.07, 6.45) is 2.04. The van der Waals surface area contributed by atoms with Crippen LogP contribution in [-0.2, 0) is 4.79 Å². The third-order valence-electron chi connectivity index (χ3n) is 2.73. The molecule has 1 aromatic carbocycles. The second-order valence-corrected chi connectivity index (χ2v) is 6.71. The van der Waals surface area contributed by atoms with E-state index in [2.05, 4.69) is 21.2 Å². The molecule has 6 heteroatoms. The molecule has 1 fully saturated rings. The second kappa shape index (κ2) is 6.04. The van der Waals surface area contributed by atoms with Crippen molar-refractivity contribution in [1.29, 1.82) is 0 Å². The Hall–Kier alpha value is -0.590. The van der Waals surface area contributed by atoms with Gasteiger partial charge in [0.05, 0.1) is 10.9 Å². The summed E-state index contributed by atoms with van der Waals surface area (Å²) in [5.41, 5.74) is 7.03. The van der Waals surface area contributed by atoms with Gasteiger partial charge in [-0.15, -0.1) is 11.8 Å². The van der Waals surface area contributed by atoms with Gasteiger partial charge in [-0.25, -0.2) is 0 Å². The van der Waals surface area contributed by atoms with Crippen molar-refractivity contribution in [3.8, 4) is 0 Å². The zero-order chi connectivity index (χ0) is 13.1. The first-order valence-electron chi connectivity index (χ1n) is 5.60. The van der Waals surface area contributed by atoms with Crippen LogP contribution in [0, 0.1) is 0 Å². The van der Waals surface area contributed by atoms with Crippen LogP contribution in [-0.4, -0.2) is 21.9 Å². The Labute approximate surface area is 124 Å². The smallest absolute Gasteiger partial charge is 0.237 e. The highest BCUT2D eigenvalue weighted by molar-refractivity contribution is 9.10. The lowest BCUT2D eigenvalue weighted by molar-refractivity contribution is -0.115. The predicted molar refractivity (Wildman–Crippen MR) is 84.1 cm³/mol. The normalized spacial score (nSPS) is 18.6. The van der Waals surface area contributed by atoms with E-state index < -0.39 is 0 Å². The summed E-state index contributed by atoms with van der Waals surface area (Å²) in [6, 6.07) is 5.49. The van der Waals surface area contributed by atoms with Crippen LogP contribution in [0.25, 0.3) is 0 Å². The van der Waals surface area contributed by atoms with Gasteiger partial charge < -0.3 is 11.1 Å². The van der Waals surface area contributed by atoms with E-state index in [0.29, 0.717) is 11.3 Å². The van der Waals surface area contributed by atoms with Crippen molar-refractivity contribution < 1.29 is 4.79 Å². The molecule has 2 rings (SSSR count). The van der Waals surface area contributed by atoms with Crippen molar-refractivity contribution in [3.05, 3.63) is 28.2 Å². The van der Waals surface area contributed by atoms with E-state index in [-0.39, 0.29) is 16.1 Å². The number of hydrogen-bond acceptors (Lipinski definition) is 3. The number of anilines is 1. The summed E-state index contributed by atoms with van der Waals surface area (Å²) in [5, 5.41) is 2.96. The molecule has 0 spiro atoms. The number of halogens is 1. The molecule has 1 aromatic rings. The second-order valence-electron chi connectivity index (χ2n) is 4.05. The van der Waals surface area contributed by atoms with E-state index in [1.165, 1.54) is 0 Å². The number of amides is 1. The van der Waals surface area contributed by atoms with Crippen molar-refractivity contribution in [3.63, 3.8) is 0 Å². The van der Waals surface area contributed by atoms with Gasteiger partial charge in [-0.2, -0.15) is 0 Å². The lowest BCUT2D eigenvalue weighted by Crippen LogP contribution is -2.24. The average Bonchev–Trinajstić information content (AvgIpc) is 2.81. The maximum atomic E-state index is 12.1. The topological polar surface area (TPSA) is 55.1 Å². The van der Waals surface area contributed by atoms with Crippen molar-refractivity contribution in [2.24, 2.45) is 5.73 Å². The van der Waals surface area contributed by atoms with Crippen molar-refractivity contribution >= 4 is 56.5 Å². The van der Waals surface area contributed by atoms with Crippen LogP contribution in [0.5, 0.6) is 0 Å². The van der Waals surface area contributed by atoms with Crippen LogP contribution in [0.4, 0.5) is 5.69 Å². The third kappa shape index (κ3) is 3.24. The van der Waals surface area contributed by atoms with E-state index in [9.17, 15) is 4.79 Å². The van der Waals surface area contributed by atoms with Gasteiger partial charge in [0, 0.05) is 10.0 Å². The molecular formula is C12H13BrN2OS2. The van der Waals surface area contributed by atoms with Crippen molar-refractivity contribution in [2.45, 2.75) is 18.1 Å². The molecule has 1 aliphatic heterocycles. The van der Waals surface area contributed by atoms with Gasteiger partial charge in [-0.05, 0) is 36.8 Å². The minimum atomic E-state index is 0.0353. The molecule has 96 valence electrons. The molecule has 0 saturated carbocycles. The maximum absolute atomic E-state index is 12.1. The summed E-state index contributed by atoms with van der Waals surface area (Å²) in [6.45, 7) is 0. The number of carbonyl (C=O) groups is 1. The molecule has 1 unspecified atom stereocenters. The first-order valence-corrected chi connectivity index (χ1v) is 7.85. The molecular weight excluding hydrogens is 332 g/mol. The van der Waals surface area contributed by atoms with E-state index in [4.69, 9.17) is 18.0 Å². The third-order valence-corrected chi connectivity index (χ3v) is 4.82. The van der Waals surface area contributed by atoms with E-state index in [0.717, 1.165) is 23.1 Å². The fourth-order valence-electron chi connectivity index (χ4n) is 1.83. The number of nitrogens with two attached hydrogens (primary N) is 1. The van der Waals surface area contributed by atoms with Gasteiger partial charge in [0.1, 0.15) is 4.99 Å². The largest absolute Gasteiger partial charge is 0.389 e. The number of thiocarbonyl (C=S) groups is 1. The molecule has 0 aliphatic carbocycles. The number of nitrogens with one attached hydrogen (secondary N) is 1. The summed E-state index contributed by atoms with van der Waals surface area (Å²) >= 11 is 10.1. The van der Waals surface area contributed by atoms with Crippen LogP contribution in [0.3, 0.4) is 0 Å². The molecule has 3 nitrogen and oxygen atoms in total. The minimum absolute atomic E-state index is 0.0353. The minimum Gasteiger partial charge on any atom is -0.389 e. The van der Waals surface area contributed by atoms with E-state index in [1.807, 2.05) is 18.2 Å². The van der Waals surface area contributed by atoms with E-state index >= 15 is 0 Å². The number of benzene rings is 1. The maximum Gasteiger partial charge on any atom is 0.237 e. The molecule has 1 heterocycles. The van der Waals surface area contributed by atoms with Crippen molar-refractivity contribution in [2.75, 3.05) is 11.1 Å². The number of thioether (sulfide) groups is 1. The lowest BCUT2D eigenvalue weighted by Gasteiger charge is -2.13. The van der Waals surface area contributed by atoms with Gasteiger partial charge in [-0.3, -0.25) is 4.79 Å². The first kappa shape index (κ1) is 13.8. The average molecular weight is 345 g/mol. The Morgan fingerprint density at radius 1 is 1.56 bits per heavy atom. The number of hydrogen-bond donors (Lipinski definition) is 2. The highest BCUT2D eigenvalue weighted by atomic mass is 79.9. The Kier molecular flexibility index (Phi) is 4.64. The molecule has 0 aromatic heterocycles. The van der Waals surface area contributed by atoms with Crippen LogP contribution >= 0.6 is 39.9 Å². The standard InChI is InChI=1S/C12H13BrN2OS2/c13-7-3-4-8(11(14)17)9(6-7)15-12(16)10-2-1-5-18-10/h3-4,6,10H,1-2,5H2,(H2,14,17)(H,15,16). The molecule has 0 radical (unpaired) electrons. The van der Waals surface area contributed by atoms with Gasteiger partial charge >= 0.3 is 0 Å². The number of rotatable bonds is 3. The predicted octanol–water partition coefficient (Wildman–Crippen LogP) is 2.92. The van der Waals surface area contributed by atoms with Gasteiger partial charge in [0.2, 0.25) is 5.91 Å². The highest BCUT2D eigenvalue weighted by Gasteiger charge is 2.24. The first-order chi connectivity index (χ1) is 8.58. The van der Waals surface area contributed by atoms with Crippen molar-refractivity contribution in [1.82, 2.24) is 0 Å². The lowest BCUT2D eigenvalue weighted by atomic mass is 10.1. The molecule has 1 atom stereocenters. The van der Waals surface area contributed by atoms with E-state index in [1.54, 1.807) is 11.8 Å².